The second-order valence-corrected chi connectivity index (χ2v) is 7.20. The first kappa shape index (κ1) is 18.8. The van der Waals surface area contributed by atoms with Crippen LogP contribution in [0.4, 0.5) is 4.39 Å². The first-order valence-corrected chi connectivity index (χ1v) is 9.44. The minimum Gasteiger partial charge on any atom is -0.335 e. The molecule has 9 heteroatoms. The van der Waals surface area contributed by atoms with Crippen molar-refractivity contribution in [1.82, 2.24) is 14.8 Å². The Kier molecular flexibility index (Phi) is 5.85. The van der Waals surface area contributed by atoms with Crippen molar-refractivity contribution in [3.63, 3.8) is 0 Å². The molecule has 1 fully saturated rings. The molecule has 0 unspecified atom stereocenters. The zero-order valence-electron chi connectivity index (χ0n) is 14.0. The van der Waals surface area contributed by atoms with Crippen molar-refractivity contribution >= 4 is 34.8 Å². The number of nitrogens with zero attached hydrogens (tertiary/aromatic N) is 3. The molecule has 2 amide bonds. The summed E-state index contributed by atoms with van der Waals surface area (Å²) in [7, 11) is 0. The second-order valence-electron chi connectivity index (χ2n) is 5.85. The molecule has 0 atom stereocenters. The number of carbonyl (C=O) groups is 2. The van der Waals surface area contributed by atoms with Gasteiger partial charge in [-0.3, -0.25) is 9.59 Å². The van der Waals surface area contributed by atoms with Gasteiger partial charge in [0.05, 0.1) is 15.6 Å². The van der Waals surface area contributed by atoms with Gasteiger partial charge in [-0.2, -0.15) is 0 Å². The summed E-state index contributed by atoms with van der Waals surface area (Å²) in [5.74, 6) is -1.27. The number of benzene rings is 1. The Morgan fingerprint density at radius 1 is 1.19 bits per heavy atom. The molecule has 0 spiro atoms. The Morgan fingerprint density at radius 2 is 1.85 bits per heavy atom. The quantitative estimate of drug-likeness (QED) is 0.857. The lowest BCUT2D eigenvalue weighted by Crippen LogP contribution is -2.50. The maximum absolute atomic E-state index is 13.9. The summed E-state index contributed by atoms with van der Waals surface area (Å²) in [6, 6.07) is 4.15. The van der Waals surface area contributed by atoms with Crippen molar-refractivity contribution in [3.05, 3.63) is 50.7 Å². The van der Waals surface area contributed by atoms with E-state index in [0.717, 1.165) is 5.01 Å². The number of amides is 2. The highest BCUT2D eigenvalue weighted by molar-refractivity contribution is 7.09. The van der Waals surface area contributed by atoms with Gasteiger partial charge in [0.15, 0.2) is 0 Å². The number of piperazine rings is 1. The van der Waals surface area contributed by atoms with Gasteiger partial charge in [0, 0.05) is 38.0 Å². The molecule has 2 aromatic rings. The standard InChI is InChI=1S/C17H18ClFN4O2S/c18-11-2-1-3-12(19)15(11)17(25)23-8-6-22(7-9-23)16(24)13-10-26-14(21-13)4-5-20/h1-3,10H,4-9,20H2. The lowest BCUT2D eigenvalue weighted by Gasteiger charge is -2.34. The van der Waals surface area contributed by atoms with Gasteiger partial charge in [-0.05, 0) is 18.7 Å². The molecule has 138 valence electrons. The van der Waals surface area contributed by atoms with Crippen molar-refractivity contribution in [2.24, 2.45) is 5.73 Å². The third-order valence-corrected chi connectivity index (χ3v) is 5.38. The van der Waals surface area contributed by atoms with Gasteiger partial charge in [0.25, 0.3) is 11.8 Å². The summed E-state index contributed by atoms with van der Waals surface area (Å²) in [6.07, 6.45) is 0.642. The van der Waals surface area contributed by atoms with Crippen LogP contribution in [0.2, 0.25) is 5.02 Å². The van der Waals surface area contributed by atoms with Crippen LogP contribution >= 0.6 is 22.9 Å². The summed E-state index contributed by atoms with van der Waals surface area (Å²) in [6.45, 7) is 1.84. The van der Waals surface area contributed by atoms with Crippen molar-refractivity contribution in [1.29, 1.82) is 0 Å². The molecule has 2 N–H and O–H groups in total. The minimum absolute atomic E-state index is 0.0865. The molecule has 1 aliphatic rings. The fraction of sp³-hybridized carbons (Fsp3) is 0.353. The Morgan fingerprint density at radius 3 is 2.46 bits per heavy atom. The largest absolute Gasteiger partial charge is 0.335 e. The van der Waals surface area contributed by atoms with E-state index in [1.54, 1.807) is 10.3 Å². The lowest BCUT2D eigenvalue weighted by molar-refractivity contribution is 0.0530. The van der Waals surface area contributed by atoms with Crippen molar-refractivity contribution in [2.75, 3.05) is 32.7 Å². The first-order chi connectivity index (χ1) is 12.5. The van der Waals surface area contributed by atoms with E-state index in [1.165, 1.54) is 34.4 Å². The van der Waals surface area contributed by atoms with Crippen molar-refractivity contribution in [2.45, 2.75) is 6.42 Å². The number of thiazole rings is 1. The molecule has 6 nitrogen and oxygen atoms in total. The molecule has 0 bridgehead atoms. The van der Waals surface area contributed by atoms with Crippen LogP contribution in [0.25, 0.3) is 0 Å². The smallest absolute Gasteiger partial charge is 0.273 e. The Hall–Kier alpha value is -2.03. The summed E-state index contributed by atoms with van der Waals surface area (Å²) in [5, 5.41) is 2.64. The van der Waals surface area contributed by atoms with Gasteiger partial charge in [0.1, 0.15) is 11.5 Å². The predicted molar refractivity (Wildman–Crippen MR) is 98.1 cm³/mol. The molecular formula is C17H18ClFN4O2S. The molecule has 0 radical (unpaired) electrons. The number of aromatic nitrogens is 1. The van der Waals surface area contributed by atoms with E-state index in [-0.39, 0.29) is 16.5 Å². The van der Waals surface area contributed by atoms with Crippen LogP contribution in [0.3, 0.4) is 0 Å². The molecule has 1 aromatic carbocycles. The fourth-order valence-corrected chi connectivity index (χ4v) is 3.81. The second kappa shape index (κ2) is 8.11. The summed E-state index contributed by atoms with van der Waals surface area (Å²) in [5.41, 5.74) is 5.77. The van der Waals surface area contributed by atoms with E-state index in [1.807, 2.05) is 0 Å². The number of rotatable bonds is 4. The fourth-order valence-electron chi connectivity index (χ4n) is 2.78. The highest BCUT2D eigenvalue weighted by Crippen LogP contribution is 2.22. The number of carbonyl (C=O) groups excluding carboxylic acids is 2. The average Bonchev–Trinajstić information content (AvgIpc) is 3.10. The zero-order valence-corrected chi connectivity index (χ0v) is 15.5. The number of halogens is 2. The molecule has 0 aliphatic carbocycles. The molecule has 3 rings (SSSR count). The van der Waals surface area contributed by atoms with E-state index in [4.69, 9.17) is 17.3 Å². The van der Waals surface area contributed by atoms with E-state index in [0.29, 0.717) is 44.8 Å². The van der Waals surface area contributed by atoms with Crippen LogP contribution in [0.5, 0.6) is 0 Å². The van der Waals surface area contributed by atoms with Crippen LogP contribution in [0, 0.1) is 5.82 Å². The van der Waals surface area contributed by atoms with Crippen LogP contribution in [0.15, 0.2) is 23.6 Å². The topological polar surface area (TPSA) is 79.5 Å². The van der Waals surface area contributed by atoms with Gasteiger partial charge >= 0.3 is 0 Å². The normalized spacial score (nSPS) is 14.6. The summed E-state index contributed by atoms with van der Waals surface area (Å²) < 4.78 is 13.9. The Labute approximate surface area is 159 Å². The average molecular weight is 397 g/mol. The number of hydrogen-bond donors (Lipinski definition) is 1. The van der Waals surface area contributed by atoms with Crippen LogP contribution in [-0.4, -0.2) is 59.3 Å². The van der Waals surface area contributed by atoms with Gasteiger partial charge in [0.2, 0.25) is 0 Å². The first-order valence-electron chi connectivity index (χ1n) is 8.18. The molecule has 0 saturated carbocycles. The van der Waals surface area contributed by atoms with E-state index in [2.05, 4.69) is 4.98 Å². The van der Waals surface area contributed by atoms with Crippen LogP contribution < -0.4 is 5.73 Å². The van der Waals surface area contributed by atoms with Gasteiger partial charge in [-0.1, -0.05) is 17.7 Å². The number of nitrogens with two attached hydrogens (primary N) is 1. The maximum Gasteiger partial charge on any atom is 0.273 e. The zero-order chi connectivity index (χ0) is 18.7. The third-order valence-electron chi connectivity index (χ3n) is 4.16. The SMILES string of the molecule is NCCc1nc(C(=O)N2CCN(C(=O)c3c(F)cccc3Cl)CC2)cs1. The van der Waals surface area contributed by atoms with Crippen LogP contribution in [-0.2, 0) is 6.42 Å². The van der Waals surface area contributed by atoms with E-state index in [9.17, 15) is 14.0 Å². The van der Waals surface area contributed by atoms with Crippen molar-refractivity contribution in [3.8, 4) is 0 Å². The Bertz CT molecular complexity index is 801. The highest BCUT2D eigenvalue weighted by Gasteiger charge is 2.28. The van der Waals surface area contributed by atoms with Gasteiger partial charge < -0.3 is 15.5 Å². The summed E-state index contributed by atoms with van der Waals surface area (Å²) >= 11 is 7.38. The number of hydrogen-bond acceptors (Lipinski definition) is 5. The minimum atomic E-state index is -0.643. The molecular weight excluding hydrogens is 379 g/mol. The molecule has 26 heavy (non-hydrogen) atoms. The molecule has 2 heterocycles. The van der Waals surface area contributed by atoms with Crippen molar-refractivity contribution < 1.29 is 14.0 Å². The third kappa shape index (κ3) is 3.87. The van der Waals surface area contributed by atoms with Crippen LogP contribution in [0.1, 0.15) is 25.9 Å². The Balaban J connectivity index is 1.63. The molecule has 1 aromatic heterocycles. The van der Waals surface area contributed by atoms with E-state index >= 15 is 0 Å². The highest BCUT2D eigenvalue weighted by atomic mass is 35.5. The predicted octanol–water partition coefficient (Wildman–Crippen LogP) is 2.03. The van der Waals surface area contributed by atoms with Gasteiger partial charge in [-0.25, -0.2) is 9.37 Å². The molecule has 1 aliphatic heterocycles. The lowest BCUT2D eigenvalue weighted by atomic mass is 10.1. The maximum atomic E-state index is 13.9. The monoisotopic (exact) mass is 396 g/mol. The van der Waals surface area contributed by atoms with Gasteiger partial charge in [-0.15, -0.1) is 11.3 Å². The molecule has 1 saturated heterocycles. The summed E-state index contributed by atoms with van der Waals surface area (Å²) in [4.78, 5) is 32.5. The van der Waals surface area contributed by atoms with E-state index < -0.39 is 11.7 Å².